The number of rotatable bonds is 8. The van der Waals surface area contributed by atoms with E-state index in [4.69, 9.17) is 0 Å². The smallest absolute Gasteiger partial charge is 0.220 e. The van der Waals surface area contributed by atoms with Crippen molar-refractivity contribution in [3.05, 3.63) is 36.0 Å². The first-order valence-electron chi connectivity index (χ1n) is 9.45. The number of aromatic amines is 1. The molecule has 5 nitrogen and oxygen atoms in total. The number of carbonyl (C=O) groups is 1. The predicted molar refractivity (Wildman–Crippen MR) is 103 cm³/mol. The summed E-state index contributed by atoms with van der Waals surface area (Å²) in [5.41, 5.74) is 2.48. The van der Waals surface area contributed by atoms with Gasteiger partial charge in [0.1, 0.15) is 0 Å². The minimum absolute atomic E-state index is 0.179. The van der Waals surface area contributed by atoms with Gasteiger partial charge in [-0.3, -0.25) is 4.79 Å². The molecule has 0 bridgehead atoms. The molecule has 0 spiro atoms. The van der Waals surface area contributed by atoms with Crippen LogP contribution in [0.25, 0.3) is 10.9 Å². The van der Waals surface area contributed by atoms with Gasteiger partial charge in [-0.2, -0.15) is 0 Å². The van der Waals surface area contributed by atoms with Crippen molar-refractivity contribution in [1.29, 1.82) is 0 Å². The van der Waals surface area contributed by atoms with Crippen molar-refractivity contribution in [2.75, 3.05) is 46.3 Å². The first kappa shape index (κ1) is 18.0. The maximum Gasteiger partial charge on any atom is 0.220 e. The zero-order valence-corrected chi connectivity index (χ0v) is 15.3. The summed E-state index contributed by atoms with van der Waals surface area (Å²) in [5.74, 6) is 0.179. The van der Waals surface area contributed by atoms with Crippen LogP contribution >= 0.6 is 0 Å². The largest absolute Gasteiger partial charge is 0.361 e. The van der Waals surface area contributed by atoms with Crippen molar-refractivity contribution in [1.82, 2.24) is 20.1 Å². The maximum absolute atomic E-state index is 12.0. The first-order valence-corrected chi connectivity index (χ1v) is 9.45. The lowest BCUT2D eigenvalue weighted by Crippen LogP contribution is -2.45. The predicted octanol–water partition coefficient (Wildman–Crippen LogP) is 2.24. The molecule has 0 radical (unpaired) electrons. The molecule has 0 atom stereocenters. The van der Waals surface area contributed by atoms with Gasteiger partial charge in [0.2, 0.25) is 5.91 Å². The van der Waals surface area contributed by atoms with Crippen LogP contribution in [0.2, 0.25) is 0 Å². The molecule has 1 fully saturated rings. The van der Waals surface area contributed by atoms with E-state index in [9.17, 15) is 4.79 Å². The number of para-hydroxylation sites is 1. The fraction of sp³-hybridized carbons (Fsp3) is 0.550. The molecule has 5 heteroatoms. The van der Waals surface area contributed by atoms with Crippen LogP contribution in [-0.2, 0) is 11.2 Å². The van der Waals surface area contributed by atoms with Crippen LogP contribution in [0, 0.1) is 0 Å². The van der Waals surface area contributed by atoms with E-state index in [1.807, 2.05) is 6.07 Å². The number of aromatic nitrogens is 1. The van der Waals surface area contributed by atoms with Gasteiger partial charge in [-0.1, -0.05) is 18.2 Å². The fourth-order valence-electron chi connectivity index (χ4n) is 3.47. The summed E-state index contributed by atoms with van der Waals surface area (Å²) in [4.78, 5) is 20.1. The zero-order chi connectivity index (χ0) is 17.5. The quantitative estimate of drug-likeness (QED) is 0.724. The topological polar surface area (TPSA) is 51.4 Å². The number of H-pyrrole nitrogens is 1. The Kier molecular flexibility index (Phi) is 6.48. The Bertz CT molecular complexity index is 673. The molecule has 25 heavy (non-hydrogen) atoms. The van der Waals surface area contributed by atoms with E-state index < -0.39 is 0 Å². The molecule has 1 aromatic carbocycles. The van der Waals surface area contributed by atoms with Crippen LogP contribution in [0.5, 0.6) is 0 Å². The highest BCUT2D eigenvalue weighted by Gasteiger charge is 2.13. The third-order valence-electron chi connectivity index (χ3n) is 5.09. The summed E-state index contributed by atoms with van der Waals surface area (Å²) >= 11 is 0. The minimum Gasteiger partial charge on any atom is -0.361 e. The number of fused-ring (bicyclic) bond motifs is 1. The highest BCUT2D eigenvalue weighted by atomic mass is 16.1. The van der Waals surface area contributed by atoms with Crippen molar-refractivity contribution in [2.45, 2.75) is 25.7 Å². The molecule has 136 valence electrons. The standard InChI is InChI=1S/C20H30N4O/c1-23-12-14-24(15-13-23)11-5-10-21-20(25)9-4-6-17-16-22-19-8-3-2-7-18(17)19/h2-3,7-8,16,22H,4-6,9-15H2,1H3,(H,21,25). The lowest BCUT2D eigenvalue weighted by molar-refractivity contribution is -0.121. The number of hydrogen-bond donors (Lipinski definition) is 2. The van der Waals surface area contributed by atoms with Gasteiger partial charge in [-0.25, -0.2) is 0 Å². The lowest BCUT2D eigenvalue weighted by Gasteiger charge is -2.32. The molecule has 1 amide bonds. The maximum atomic E-state index is 12.0. The number of nitrogens with zero attached hydrogens (tertiary/aromatic N) is 2. The van der Waals surface area contributed by atoms with E-state index in [0.29, 0.717) is 6.42 Å². The van der Waals surface area contributed by atoms with Gasteiger partial charge in [-0.15, -0.1) is 0 Å². The molecule has 2 N–H and O–H groups in total. The summed E-state index contributed by atoms with van der Waals surface area (Å²) in [5, 5.41) is 4.34. The van der Waals surface area contributed by atoms with E-state index in [-0.39, 0.29) is 5.91 Å². The Morgan fingerprint density at radius 3 is 2.80 bits per heavy atom. The monoisotopic (exact) mass is 342 g/mol. The molecule has 0 aliphatic carbocycles. The van der Waals surface area contributed by atoms with Gasteiger partial charge in [-0.05, 0) is 44.5 Å². The highest BCUT2D eigenvalue weighted by molar-refractivity contribution is 5.83. The van der Waals surface area contributed by atoms with Crippen molar-refractivity contribution in [3.8, 4) is 0 Å². The van der Waals surface area contributed by atoms with Crippen molar-refractivity contribution < 1.29 is 4.79 Å². The SMILES string of the molecule is CN1CCN(CCCNC(=O)CCCc2c[nH]c3ccccc23)CC1. The molecule has 1 saturated heterocycles. The second-order valence-electron chi connectivity index (χ2n) is 7.06. The van der Waals surface area contributed by atoms with Crippen LogP contribution < -0.4 is 5.32 Å². The van der Waals surface area contributed by atoms with E-state index in [0.717, 1.165) is 58.5 Å². The van der Waals surface area contributed by atoms with Crippen LogP contribution in [0.1, 0.15) is 24.8 Å². The van der Waals surface area contributed by atoms with Crippen molar-refractivity contribution in [2.24, 2.45) is 0 Å². The normalized spacial score (nSPS) is 16.4. The molecular formula is C20H30N4O. The fourth-order valence-corrected chi connectivity index (χ4v) is 3.47. The number of benzene rings is 1. The number of amides is 1. The summed E-state index contributed by atoms with van der Waals surface area (Å²) in [6.45, 7) is 6.48. The Morgan fingerprint density at radius 2 is 1.96 bits per heavy atom. The number of hydrogen-bond acceptors (Lipinski definition) is 3. The van der Waals surface area contributed by atoms with Gasteiger partial charge in [0, 0.05) is 56.2 Å². The van der Waals surface area contributed by atoms with Crippen LogP contribution in [0.15, 0.2) is 30.5 Å². The van der Waals surface area contributed by atoms with E-state index >= 15 is 0 Å². The average Bonchev–Trinajstić information content (AvgIpc) is 3.04. The van der Waals surface area contributed by atoms with Gasteiger partial charge in [0.15, 0.2) is 0 Å². The van der Waals surface area contributed by atoms with Crippen molar-refractivity contribution in [3.63, 3.8) is 0 Å². The molecule has 2 heterocycles. The Hall–Kier alpha value is -1.85. The van der Waals surface area contributed by atoms with Crippen LogP contribution in [0.3, 0.4) is 0 Å². The number of piperazine rings is 1. The minimum atomic E-state index is 0.179. The summed E-state index contributed by atoms with van der Waals surface area (Å²) in [7, 11) is 2.17. The van der Waals surface area contributed by atoms with Crippen LogP contribution in [-0.4, -0.2) is 67.0 Å². The molecule has 0 unspecified atom stereocenters. The van der Waals surface area contributed by atoms with E-state index in [1.54, 1.807) is 0 Å². The van der Waals surface area contributed by atoms with Gasteiger partial charge in [0.05, 0.1) is 0 Å². The van der Waals surface area contributed by atoms with Gasteiger partial charge in [0.25, 0.3) is 0 Å². The average molecular weight is 342 g/mol. The lowest BCUT2D eigenvalue weighted by atomic mass is 10.1. The molecule has 1 aliphatic heterocycles. The molecule has 1 aromatic heterocycles. The molecule has 3 rings (SSSR count). The Labute approximate surface area is 150 Å². The Balaban J connectivity index is 1.28. The van der Waals surface area contributed by atoms with Crippen LogP contribution in [0.4, 0.5) is 0 Å². The summed E-state index contributed by atoms with van der Waals surface area (Å²) in [6, 6.07) is 8.33. The van der Waals surface area contributed by atoms with E-state index in [1.165, 1.54) is 16.5 Å². The second-order valence-corrected chi connectivity index (χ2v) is 7.06. The Morgan fingerprint density at radius 1 is 1.16 bits per heavy atom. The zero-order valence-electron chi connectivity index (χ0n) is 15.3. The van der Waals surface area contributed by atoms with Gasteiger partial charge < -0.3 is 20.1 Å². The molecule has 1 aliphatic rings. The summed E-state index contributed by atoms with van der Waals surface area (Å²) in [6.07, 6.45) is 5.55. The van der Waals surface area contributed by atoms with Crippen molar-refractivity contribution >= 4 is 16.8 Å². The third-order valence-corrected chi connectivity index (χ3v) is 5.09. The number of aryl methyl sites for hydroxylation is 1. The van der Waals surface area contributed by atoms with E-state index in [2.05, 4.69) is 51.5 Å². The first-order chi connectivity index (χ1) is 12.2. The second kappa shape index (κ2) is 9.02. The summed E-state index contributed by atoms with van der Waals surface area (Å²) < 4.78 is 0. The third kappa shape index (κ3) is 5.31. The highest BCUT2D eigenvalue weighted by Crippen LogP contribution is 2.19. The number of nitrogens with one attached hydrogen (secondary N) is 2. The number of likely N-dealkylation sites (N-methyl/N-ethyl adjacent to an activating group) is 1. The molecular weight excluding hydrogens is 312 g/mol. The molecule has 2 aromatic rings. The van der Waals surface area contributed by atoms with Gasteiger partial charge >= 0.3 is 0 Å². The number of carbonyl (C=O) groups excluding carboxylic acids is 1. The molecule has 0 saturated carbocycles.